The maximum absolute atomic E-state index is 13.3. The fourth-order valence-electron chi connectivity index (χ4n) is 3.69. The molecule has 7 heteroatoms. The lowest BCUT2D eigenvalue weighted by atomic mass is 9.99. The number of carbonyl (C=O) groups is 1. The van der Waals surface area contributed by atoms with Crippen LogP contribution in [0.15, 0.2) is 41.3 Å². The Labute approximate surface area is 161 Å². The number of rotatable bonds is 2. The summed E-state index contributed by atoms with van der Waals surface area (Å²) in [6.07, 6.45) is 1.69. The molecule has 0 fully saturated rings. The summed E-state index contributed by atoms with van der Waals surface area (Å²) in [6.45, 7) is 3.71. The number of carbonyl (C=O) groups excluding carboxylic acids is 1. The summed E-state index contributed by atoms with van der Waals surface area (Å²) in [6, 6.07) is 8.90. The van der Waals surface area contributed by atoms with Gasteiger partial charge in [0.1, 0.15) is 0 Å². The molecule has 0 unspecified atom stereocenters. The zero-order valence-electron chi connectivity index (χ0n) is 15.5. The zero-order valence-corrected chi connectivity index (χ0v) is 16.3. The summed E-state index contributed by atoms with van der Waals surface area (Å²) in [5.41, 5.74) is 4.37. The molecule has 0 spiro atoms. The second-order valence-corrected chi connectivity index (χ2v) is 7.33. The van der Waals surface area contributed by atoms with Crippen molar-refractivity contribution >= 4 is 23.2 Å². The van der Waals surface area contributed by atoms with Crippen molar-refractivity contribution in [3.63, 3.8) is 0 Å². The van der Waals surface area contributed by atoms with Gasteiger partial charge in [-0.15, -0.1) is 0 Å². The van der Waals surface area contributed by atoms with E-state index in [0.717, 1.165) is 16.8 Å². The first kappa shape index (κ1) is 17.5. The Hall–Kier alpha value is -2.86. The molecule has 1 aromatic carbocycles. The van der Waals surface area contributed by atoms with Crippen molar-refractivity contribution in [3.8, 4) is 0 Å². The molecule has 0 saturated heterocycles. The molecule has 0 bridgehead atoms. The summed E-state index contributed by atoms with van der Waals surface area (Å²) in [7, 11) is 3.52. The highest BCUT2D eigenvalue weighted by Crippen LogP contribution is 2.42. The van der Waals surface area contributed by atoms with Crippen LogP contribution in [0.2, 0.25) is 5.02 Å². The monoisotopic (exact) mass is 382 g/mol. The number of hydrogen-bond acceptors (Lipinski definition) is 3. The van der Waals surface area contributed by atoms with Crippen LogP contribution in [0.1, 0.15) is 38.9 Å². The van der Waals surface area contributed by atoms with E-state index < -0.39 is 0 Å². The van der Waals surface area contributed by atoms with Gasteiger partial charge in [-0.05, 0) is 37.6 Å². The molecule has 27 heavy (non-hydrogen) atoms. The molecule has 3 heterocycles. The van der Waals surface area contributed by atoms with E-state index in [1.807, 2.05) is 38.2 Å². The third-order valence-corrected chi connectivity index (χ3v) is 5.40. The highest BCUT2D eigenvalue weighted by Gasteiger charge is 2.43. The SMILES string of the molecule is Cc1cc(N2C(=O)c3nn(C)c(C)c3[C@@H]2c2ccc(Cl)cc2)cn(C)c1=O. The van der Waals surface area contributed by atoms with E-state index in [2.05, 4.69) is 5.10 Å². The van der Waals surface area contributed by atoms with Gasteiger partial charge in [-0.1, -0.05) is 23.7 Å². The highest BCUT2D eigenvalue weighted by molar-refractivity contribution is 6.30. The molecule has 2 aromatic heterocycles. The quantitative estimate of drug-likeness (QED) is 0.684. The maximum atomic E-state index is 13.3. The molecule has 1 aliphatic heterocycles. The molecule has 0 radical (unpaired) electrons. The lowest BCUT2D eigenvalue weighted by Gasteiger charge is -2.27. The summed E-state index contributed by atoms with van der Waals surface area (Å²) in [5.74, 6) is -0.174. The van der Waals surface area contributed by atoms with E-state index >= 15 is 0 Å². The number of fused-ring (bicyclic) bond motifs is 1. The van der Waals surface area contributed by atoms with Crippen LogP contribution in [0.5, 0.6) is 0 Å². The molecule has 3 aromatic rings. The Bertz CT molecular complexity index is 1100. The first-order chi connectivity index (χ1) is 12.8. The zero-order chi connectivity index (χ0) is 19.5. The molecular weight excluding hydrogens is 364 g/mol. The number of hydrogen-bond donors (Lipinski definition) is 0. The minimum absolute atomic E-state index is 0.0823. The number of anilines is 1. The highest BCUT2D eigenvalue weighted by atomic mass is 35.5. The molecule has 0 aliphatic carbocycles. The lowest BCUT2D eigenvalue weighted by molar-refractivity contribution is 0.0988. The summed E-state index contributed by atoms with van der Waals surface area (Å²) in [5, 5.41) is 5.07. The number of aromatic nitrogens is 3. The van der Waals surface area contributed by atoms with Gasteiger partial charge in [0.25, 0.3) is 11.5 Å². The van der Waals surface area contributed by atoms with Crippen LogP contribution in [0, 0.1) is 13.8 Å². The second-order valence-electron chi connectivity index (χ2n) is 6.90. The van der Waals surface area contributed by atoms with Gasteiger partial charge < -0.3 is 4.57 Å². The van der Waals surface area contributed by atoms with E-state index in [0.29, 0.717) is 22.0 Å². The number of halogens is 1. The lowest BCUT2D eigenvalue weighted by Crippen LogP contribution is -2.31. The Morgan fingerprint density at radius 3 is 2.37 bits per heavy atom. The molecule has 0 N–H and O–H groups in total. The van der Waals surface area contributed by atoms with Crippen molar-refractivity contribution < 1.29 is 4.79 Å². The molecule has 138 valence electrons. The van der Waals surface area contributed by atoms with Gasteiger partial charge >= 0.3 is 0 Å². The van der Waals surface area contributed by atoms with E-state index in [1.165, 1.54) is 4.57 Å². The molecule has 1 aliphatic rings. The predicted molar refractivity (Wildman–Crippen MR) is 104 cm³/mol. The van der Waals surface area contributed by atoms with Crippen LogP contribution in [-0.2, 0) is 14.1 Å². The number of amides is 1. The van der Waals surface area contributed by atoms with Gasteiger partial charge in [0, 0.05) is 42.1 Å². The summed E-state index contributed by atoms with van der Waals surface area (Å²) in [4.78, 5) is 27.1. The normalized spacial score (nSPS) is 16.1. The topological polar surface area (TPSA) is 60.1 Å². The van der Waals surface area contributed by atoms with Gasteiger partial charge in [0.05, 0.1) is 11.7 Å². The van der Waals surface area contributed by atoms with Crippen molar-refractivity contribution in [2.24, 2.45) is 14.1 Å². The Morgan fingerprint density at radius 2 is 1.74 bits per heavy atom. The first-order valence-corrected chi connectivity index (χ1v) is 8.97. The molecule has 1 amide bonds. The Kier molecular flexibility index (Phi) is 3.96. The minimum atomic E-state index is -0.324. The average Bonchev–Trinajstić information content (AvgIpc) is 3.08. The molecular formula is C20H19ClN4O2. The van der Waals surface area contributed by atoms with Crippen LogP contribution in [0.25, 0.3) is 0 Å². The van der Waals surface area contributed by atoms with Crippen molar-refractivity contribution in [1.29, 1.82) is 0 Å². The molecule has 4 rings (SSSR count). The van der Waals surface area contributed by atoms with Crippen LogP contribution < -0.4 is 10.5 Å². The van der Waals surface area contributed by atoms with E-state index in [-0.39, 0.29) is 17.5 Å². The maximum Gasteiger partial charge on any atom is 0.280 e. The standard InChI is InChI=1S/C20H19ClN4O2/c1-11-9-15(10-23(3)19(11)26)25-18(13-5-7-14(21)8-6-13)16-12(2)24(4)22-17(16)20(25)27/h5-10,18H,1-4H3/t18-/m0/s1. The number of benzene rings is 1. The molecule has 0 saturated carbocycles. The largest absolute Gasteiger partial charge is 0.316 e. The fourth-order valence-corrected chi connectivity index (χ4v) is 3.81. The van der Waals surface area contributed by atoms with Gasteiger partial charge in [-0.25, -0.2) is 0 Å². The average molecular weight is 383 g/mol. The van der Waals surface area contributed by atoms with Crippen molar-refractivity contribution in [3.05, 3.63) is 80.0 Å². The van der Waals surface area contributed by atoms with Crippen molar-refractivity contribution in [1.82, 2.24) is 14.3 Å². The first-order valence-electron chi connectivity index (χ1n) is 8.59. The minimum Gasteiger partial charge on any atom is -0.316 e. The molecule has 6 nitrogen and oxygen atoms in total. The fraction of sp³-hybridized carbons (Fsp3) is 0.250. The van der Waals surface area contributed by atoms with Crippen LogP contribution in [-0.4, -0.2) is 20.3 Å². The van der Waals surface area contributed by atoms with Crippen molar-refractivity contribution in [2.45, 2.75) is 19.9 Å². The van der Waals surface area contributed by atoms with Crippen LogP contribution >= 0.6 is 11.6 Å². The van der Waals surface area contributed by atoms with Gasteiger partial charge in [-0.3, -0.25) is 19.2 Å². The third-order valence-electron chi connectivity index (χ3n) is 5.15. The predicted octanol–water partition coefficient (Wildman–Crippen LogP) is 3.14. The van der Waals surface area contributed by atoms with Crippen LogP contribution in [0.4, 0.5) is 5.69 Å². The summed E-state index contributed by atoms with van der Waals surface area (Å²) >= 11 is 6.06. The van der Waals surface area contributed by atoms with Gasteiger partial charge in [0.2, 0.25) is 0 Å². The Morgan fingerprint density at radius 1 is 1.07 bits per heavy atom. The Balaban J connectivity index is 1.96. The summed E-state index contributed by atoms with van der Waals surface area (Å²) < 4.78 is 3.23. The smallest absolute Gasteiger partial charge is 0.280 e. The number of nitrogens with zero attached hydrogens (tertiary/aromatic N) is 4. The second kappa shape index (κ2) is 6.09. The molecule has 1 atom stereocenters. The number of aryl methyl sites for hydroxylation is 3. The van der Waals surface area contributed by atoms with E-state index in [1.54, 1.807) is 35.8 Å². The van der Waals surface area contributed by atoms with Crippen LogP contribution in [0.3, 0.4) is 0 Å². The van der Waals surface area contributed by atoms with Gasteiger partial charge in [-0.2, -0.15) is 5.10 Å². The number of pyridine rings is 1. The third kappa shape index (κ3) is 2.59. The van der Waals surface area contributed by atoms with Crippen molar-refractivity contribution in [2.75, 3.05) is 4.90 Å². The van der Waals surface area contributed by atoms with E-state index in [4.69, 9.17) is 11.6 Å². The van der Waals surface area contributed by atoms with E-state index in [9.17, 15) is 9.59 Å². The van der Waals surface area contributed by atoms with Gasteiger partial charge in [0.15, 0.2) is 5.69 Å².